The Morgan fingerprint density at radius 3 is 2.88 bits per heavy atom. The smallest absolute Gasteiger partial charge is 0.157 e. The highest BCUT2D eigenvalue weighted by atomic mass is 32.1. The summed E-state index contributed by atoms with van der Waals surface area (Å²) in [6.45, 7) is 5.39. The first-order valence-electron chi connectivity index (χ1n) is 5.95. The standard InChI is InChI=1S/C12H17N3S2/c1-3-7-13-9(4-2)11-14-15-12(17-11)10-6-5-8-16-10/h5-6,8-9,13H,3-4,7H2,1-2H3. The molecule has 0 saturated heterocycles. The minimum Gasteiger partial charge on any atom is -0.308 e. The lowest BCUT2D eigenvalue weighted by Crippen LogP contribution is -2.21. The van der Waals surface area contributed by atoms with Crippen LogP contribution in [0.5, 0.6) is 0 Å². The molecular formula is C12H17N3S2. The quantitative estimate of drug-likeness (QED) is 0.867. The number of thiophene rings is 1. The number of aromatic nitrogens is 2. The molecule has 2 aromatic heterocycles. The fraction of sp³-hybridized carbons (Fsp3) is 0.500. The lowest BCUT2D eigenvalue weighted by atomic mass is 10.2. The van der Waals surface area contributed by atoms with Gasteiger partial charge < -0.3 is 5.32 Å². The molecule has 1 unspecified atom stereocenters. The first kappa shape index (κ1) is 12.7. The predicted molar refractivity (Wildman–Crippen MR) is 74.5 cm³/mol. The summed E-state index contributed by atoms with van der Waals surface area (Å²) in [5.74, 6) is 0. The van der Waals surface area contributed by atoms with Gasteiger partial charge in [0.1, 0.15) is 5.01 Å². The molecule has 0 spiro atoms. The molecule has 0 aliphatic heterocycles. The summed E-state index contributed by atoms with van der Waals surface area (Å²) in [6.07, 6.45) is 2.20. The summed E-state index contributed by atoms with van der Waals surface area (Å²) >= 11 is 3.41. The van der Waals surface area contributed by atoms with Crippen LogP contribution in [0.25, 0.3) is 9.88 Å². The molecule has 0 amide bonds. The van der Waals surface area contributed by atoms with Crippen LogP contribution in [0.15, 0.2) is 17.5 Å². The molecule has 3 nitrogen and oxygen atoms in total. The van der Waals surface area contributed by atoms with Crippen LogP contribution in [0.3, 0.4) is 0 Å². The Morgan fingerprint density at radius 1 is 1.35 bits per heavy atom. The highest BCUT2D eigenvalue weighted by Gasteiger charge is 2.15. The normalized spacial score (nSPS) is 12.8. The van der Waals surface area contributed by atoms with Gasteiger partial charge in [-0.05, 0) is 30.8 Å². The van der Waals surface area contributed by atoms with E-state index in [2.05, 4.69) is 40.8 Å². The molecule has 17 heavy (non-hydrogen) atoms. The average Bonchev–Trinajstić information content (AvgIpc) is 3.00. The van der Waals surface area contributed by atoms with E-state index in [0.717, 1.165) is 29.4 Å². The zero-order valence-corrected chi connectivity index (χ0v) is 11.8. The molecule has 5 heteroatoms. The number of rotatable bonds is 6. The second-order valence-electron chi connectivity index (χ2n) is 3.84. The van der Waals surface area contributed by atoms with Crippen LogP contribution in [0.4, 0.5) is 0 Å². The first-order chi connectivity index (χ1) is 8.35. The molecule has 0 radical (unpaired) electrons. The van der Waals surface area contributed by atoms with Crippen molar-refractivity contribution >= 4 is 22.7 Å². The summed E-state index contributed by atoms with van der Waals surface area (Å²) in [5.41, 5.74) is 0. The van der Waals surface area contributed by atoms with Crippen LogP contribution in [-0.4, -0.2) is 16.7 Å². The van der Waals surface area contributed by atoms with Crippen molar-refractivity contribution in [2.45, 2.75) is 32.7 Å². The van der Waals surface area contributed by atoms with Crippen LogP contribution in [-0.2, 0) is 0 Å². The van der Waals surface area contributed by atoms with Gasteiger partial charge in [0.05, 0.1) is 10.9 Å². The van der Waals surface area contributed by atoms with E-state index in [1.165, 1.54) is 4.88 Å². The SMILES string of the molecule is CCCNC(CC)c1nnc(-c2cccs2)s1. The molecule has 2 aromatic rings. The highest BCUT2D eigenvalue weighted by molar-refractivity contribution is 7.20. The van der Waals surface area contributed by atoms with Crippen molar-refractivity contribution in [2.75, 3.05) is 6.54 Å². The van der Waals surface area contributed by atoms with Crippen LogP contribution < -0.4 is 5.32 Å². The van der Waals surface area contributed by atoms with E-state index in [0.29, 0.717) is 6.04 Å². The van der Waals surface area contributed by atoms with E-state index in [9.17, 15) is 0 Å². The third kappa shape index (κ3) is 3.12. The minimum absolute atomic E-state index is 0.348. The van der Waals surface area contributed by atoms with Crippen molar-refractivity contribution in [3.63, 3.8) is 0 Å². The third-order valence-electron chi connectivity index (χ3n) is 2.52. The Labute approximate surface area is 110 Å². The first-order valence-corrected chi connectivity index (χ1v) is 7.65. The van der Waals surface area contributed by atoms with Crippen molar-refractivity contribution in [1.82, 2.24) is 15.5 Å². The van der Waals surface area contributed by atoms with Gasteiger partial charge >= 0.3 is 0 Å². The maximum atomic E-state index is 4.31. The Hall–Kier alpha value is -0.780. The van der Waals surface area contributed by atoms with Gasteiger partial charge in [0, 0.05) is 0 Å². The predicted octanol–water partition coefficient (Wildman–Crippen LogP) is 3.72. The topological polar surface area (TPSA) is 37.8 Å². The molecular weight excluding hydrogens is 250 g/mol. The van der Waals surface area contributed by atoms with E-state index < -0.39 is 0 Å². The Bertz CT molecular complexity index is 436. The Morgan fingerprint density at radius 2 is 2.24 bits per heavy atom. The average molecular weight is 267 g/mol. The van der Waals surface area contributed by atoms with E-state index in [4.69, 9.17) is 0 Å². The van der Waals surface area contributed by atoms with E-state index >= 15 is 0 Å². The van der Waals surface area contributed by atoms with Crippen molar-refractivity contribution in [3.05, 3.63) is 22.5 Å². The van der Waals surface area contributed by atoms with E-state index in [1.807, 2.05) is 6.07 Å². The van der Waals surface area contributed by atoms with Gasteiger partial charge in [-0.15, -0.1) is 21.5 Å². The molecule has 0 fully saturated rings. The van der Waals surface area contributed by atoms with E-state index in [-0.39, 0.29) is 0 Å². The van der Waals surface area contributed by atoms with E-state index in [1.54, 1.807) is 22.7 Å². The monoisotopic (exact) mass is 267 g/mol. The maximum absolute atomic E-state index is 4.31. The zero-order chi connectivity index (χ0) is 12.1. The Balaban J connectivity index is 2.11. The molecule has 0 aliphatic rings. The fourth-order valence-electron chi connectivity index (χ4n) is 1.60. The van der Waals surface area contributed by atoms with Gasteiger partial charge in [0.15, 0.2) is 5.01 Å². The zero-order valence-electron chi connectivity index (χ0n) is 10.1. The van der Waals surface area contributed by atoms with Gasteiger partial charge in [-0.2, -0.15) is 0 Å². The van der Waals surface area contributed by atoms with Crippen molar-refractivity contribution in [2.24, 2.45) is 0 Å². The molecule has 2 rings (SSSR count). The van der Waals surface area contributed by atoms with Crippen LogP contribution in [0, 0.1) is 0 Å². The summed E-state index contributed by atoms with van der Waals surface area (Å²) < 4.78 is 0. The molecule has 0 aromatic carbocycles. The molecule has 0 aliphatic carbocycles. The van der Waals surface area contributed by atoms with Crippen molar-refractivity contribution < 1.29 is 0 Å². The summed E-state index contributed by atoms with van der Waals surface area (Å²) in [5, 5.41) is 16.3. The van der Waals surface area contributed by atoms with Gasteiger partial charge in [-0.3, -0.25) is 0 Å². The molecule has 0 bridgehead atoms. The molecule has 0 saturated carbocycles. The minimum atomic E-state index is 0.348. The summed E-state index contributed by atoms with van der Waals surface area (Å²) in [6, 6.07) is 4.49. The summed E-state index contributed by atoms with van der Waals surface area (Å²) in [7, 11) is 0. The molecule has 1 N–H and O–H groups in total. The number of nitrogens with one attached hydrogen (secondary N) is 1. The van der Waals surface area contributed by atoms with Crippen molar-refractivity contribution in [1.29, 1.82) is 0 Å². The van der Waals surface area contributed by atoms with Crippen LogP contribution >= 0.6 is 22.7 Å². The third-order valence-corrected chi connectivity index (χ3v) is 4.60. The summed E-state index contributed by atoms with van der Waals surface area (Å²) in [4.78, 5) is 1.21. The fourth-order valence-corrected chi connectivity index (χ4v) is 3.39. The second-order valence-corrected chi connectivity index (χ2v) is 5.79. The van der Waals surface area contributed by atoms with Crippen molar-refractivity contribution in [3.8, 4) is 9.88 Å². The molecule has 92 valence electrons. The lowest BCUT2D eigenvalue weighted by molar-refractivity contribution is 0.513. The van der Waals surface area contributed by atoms with Crippen LogP contribution in [0.2, 0.25) is 0 Å². The molecule has 2 heterocycles. The highest BCUT2D eigenvalue weighted by Crippen LogP contribution is 2.30. The largest absolute Gasteiger partial charge is 0.308 e. The van der Waals surface area contributed by atoms with Gasteiger partial charge in [0.25, 0.3) is 0 Å². The maximum Gasteiger partial charge on any atom is 0.157 e. The number of hydrogen-bond acceptors (Lipinski definition) is 5. The van der Waals surface area contributed by atoms with Gasteiger partial charge in [-0.25, -0.2) is 0 Å². The molecule has 1 atom stereocenters. The lowest BCUT2D eigenvalue weighted by Gasteiger charge is -2.12. The van der Waals surface area contributed by atoms with Gasteiger partial charge in [0.2, 0.25) is 0 Å². The van der Waals surface area contributed by atoms with Crippen LogP contribution in [0.1, 0.15) is 37.7 Å². The number of nitrogens with zero attached hydrogens (tertiary/aromatic N) is 2. The van der Waals surface area contributed by atoms with Gasteiger partial charge in [-0.1, -0.05) is 31.3 Å². The number of hydrogen-bond donors (Lipinski definition) is 1. The Kier molecular flexibility index (Phi) is 4.65. The second kappa shape index (κ2) is 6.23.